The molecule has 0 bridgehead atoms. The Bertz CT molecular complexity index is 1090. The summed E-state index contributed by atoms with van der Waals surface area (Å²) in [6, 6.07) is 6.09. The number of rotatable bonds is 6. The second-order valence-corrected chi connectivity index (χ2v) is 8.04. The number of nitrogens with zero attached hydrogens (tertiary/aromatic N) is 2. The largest absolute Gasteiger partial charge is 0.453 e. The summed E-state index contributed by atoms with van der Waals surface area (Å²) >= 11 is 0. The number of hydrogen-bond donors (Lipinski definition) is 4. The number of H-pyrrole nitrogens is 1. The Morgan fingerprint density at radius 2 is 1.90 bits per heavy atom. The molecule has 1 aliphatic rings. The van der Waals surface area contributed by atoms with E-state index in [9.17, 15) is 9.59 Å². The van der Waals surface area contributed by atoms with E-state index in [4.69, 9.17) is 0 Å². The van der Waals surface area contributed by atoms with E-state index in [1.807, 2.05) is 38.2 Å². The highest BCUT2D eigenvalue weighted by molar-refractivity contribution is 6.08. The summed E-state index contributed by atoms with van der Waals surface area (Å²) in [4.78, 5) is 28.9. The van der Waals surface area contributed by atoms with Crippen LogP contribution < -0.4 is 16.0 Å². The third-order valence-corrected chi connectivity index (χ3v) is 5.36. The summed E-state index contributed by atoms with van der Waals surface area (Å²) < 4.78 is 4.61. The number of alkyl carbamates (subject to hydrolysis) is 1. The van der Waals surface area contributed by atoms with E-state index in [1.165, 1.54) is 7.11 Å². The van der Waals surface area contributed by atoms with Gasteiger partial charge in [0.15, 0.2) is 0 Å². The number of aromatic amines is 1. The van der Waals surface area contributed by atoms with E-state index in [-0.39, 0.29) is 24.0 Å². The molecule has 31 heavy (non-hydrogen) atoms. The van der Waals surface area contributed by atoms with Crippen molar-refractivity contribution in [1.82, 2.24) is 25.8 Å². The Morgan fingerprint density at radius 3 is 2.58 bits per heavy atom. The second-order valence-electron chi connectivity index (χ2n) is 8.04. The lowest BCUT2D eigenvalue weighted by molar-refractivity contribution is 0.0901. The number of ether oxygens (including phenoxy) is 1. The van der Waals surface area contributed by atoms with Crippen LogP contribution in [0, 0.1) is 0 Å². The quantitative estimate of drug-likeness (QED) is 0.484. The molecule has 9 nitrogen and oxygen atoms in total. The number of anilines is 1. The van der Waals surface area contributed by atoms with Gasteiger partial charge in [0.1, 0.15) is 0 Å². The van der Waals surface area contributed by atoms with Crippen molar-refractivity contribution >= 4 is 28.6 Å². The number of hydrogen-bond acceptors (Lipinski definition) is 6. The van der Waals surface area contributed by atoms with E-state index in [0.717, 1.165) is 27.7 Å². The molecule has 3 aromatic rings. The molecule has 4 N–H and O–H groups in total. The minimum atomic E-state index is -0.453. The summed E-state index contributed by atoms with van der Waals surface area (Å²) in [5, 5.41) is 16.9. The maximum Gasteiger partial charge on any atom is 0.407 e. The van der Waals surface area contributed by atoms with Crippen molar-refractivity contribution in [3.8, 4) is 11.1 Å². The molecule has 0 unspecified atom stereocenters. The molecular weight excluding hydrogens is 396 g/mol. The lowest BCUT2D eigenvalue weighted by Gasteiger charge is -2.35. The molecule has 1 saturated carbocycles. The summed E-state index contributed by atoms with van der Waals surface area (Å²) in [7, 11) is 1.33. The van der Waals surface area contributed by atoms with Gasteiger partial charge in [0.05, 0.1) is 30.1 Å². The molecule has 9 heteroatoms. The number of methoxy groups -OCH3 is 1. The van der Waals surface area contributed by atoms with Crippen LogP contribution in [0.15, 0.2) is 36.8 Å². The van der Waals surface area contributed by atoms with Gasteiger partial charge in [0, 0.05) is 41.5 Å². The molecule has 4 rings (SSSR count). The number of pyridine rings is 1. The molecule has 1 aromatic carbocycles. The fourth-order valence-electron chi connectivity index (χ4n) is 3.74. The van der Waals surface area contributed by atoms with Crippen molar-refractivity contribution in [3.63, 3.8) is 0 Å². The number of carbonyl (C=O) groups is 2. The number of aromatic nitrogens is 3. The maximum absolute atomic E-state index is 13.1. The Labute approximate surface area is 180 Å². The predicted octanol–water partition coefficient (Wildman–Crippen LogP) is 3.06. The number of nitrogens with one attached hydrogen (secondary N) is 4. The zero-order valence-corrected chi connectivity index (χ0v) is 17.7. The van der Waals surface area contributed by atoms with Crippen LogP contribution in [0.4, 0.5) is 10.5 Å². The van der Waals surface area contributed by atoms with Gasteiger partial charge in [-0.15, -0.1) is 0 Å². The molecule has 0 spiro atoms. The van der Waals surface area contributed by atoms with Gasteiger partial charge in [-0.25, -0.2) is 4.79 Å². The van der Waals surface area contributed by atoms with Crippen molar-refractivity contribution < 1.29 is 14.3 Å². The normalized spacial score (nSPS) is 17.8. The minimum absolute atomic E-state index is 0.00508. The Balaban J connectivity index is 1.59. The fraction of sp³-hybridized carbons (Fsp3) is 0.364. The van der Waals surface area contributed by atoms with Crippen molar-refractivity contribution in [2.75, 3.05) is 12.4 Å². The Morgan fingerprint density at radius 1 is 1.13 bits per heavy atom. The van der Waals surface area contributed by atoms with Crippen molar-refractivity contribution in [3.05, 3.63) is 42.4 Å². The highest BCUT2D eigenvalue weighted by Gasteiger charge is 2.32. The van der Waals surface area contributed by atoms with Crippen LogP contribution >= 0.6 is 0 Å². The Kier molecular flexibility index (Phi) is 5.75. The zero-order chi connectivity index (χ0) is 22.0. The van der Waals surface area contributed by atoms with Crippen LogP contribution in [0.25, 0.3) is 22.0 Å². The van der Waals surface area contributed by atoms with E-state index in [0.29, 0.717) is 18.4 Å². The zero-order valence-electron chi connectivity index (χ0n) is 17.7. The second kappa shape index (κ2) is 8.63. The van der Waals surface area contributed by atoms with E-state index < -0.39 is 6.09 Å². The van der Waals surface area contributed by atoms with E-state index in [1.54, 1.807) is 12.4 Å². The third-order valence-electron chi connectivity index (χ3n) is 5.36. The highest BCUT2D eigenvalue weighted by Crippen LogP contribution is 2.31. The molecule has 1 aliphatic carbocycles. The van der Waals surface area contributed by atoms with Gasteiger partial charge in [0.2, 0.25) is 0 Å². The van der Waals surface area contributed by atoms with E-state index >= 15 is 0 Å². The van der Waals surface area contributed by atoms with Crippen LogP contribution in [0.1, 0.15) is 37.0 Å². The molecular formula is C22H26N6O3. The monoisotopic (exact) mass is 422 g/mol. The molecule has 0 saturated heterocycles. The average molecular weight is 422 g/mol. The van der Waals surface area contributed by atoms with Gasteiger partial charge >= 0.3 is 6.09 Å². The lowest BCUT2D eigenvalue weighted by Crippen LogP contribution is -2.53. The first-order valence-corrected chi connectivity index (χ1v) is 10.3. The summed E-state index contributed by atoms with van der Waals surface area (Å²) in [6.45, 7) is 4.06. The summed E-state index contributed by atoms with van der Waals surface area (Å²) in [5.74, 6) is -0.187. The standard InChI is InChI=1S/C22H26N6O3/c1-12(2)26-20-17-6-13(14-9-24-25-10-14)4-5-19(17)23-11-18(20)21(29)27-15-7-16(8-15)28-22(30)31-3/h4-6,9-12,15-16H,7-8H2,1-3H3,(H,23,26)(H,24,25)(H,27,29)(H,28,30). The van der Waals surface area contributed by atoms with E-state index in [2.05, 4.69) is 35.9 Å². The first kappa shape index (κ1) is 20.6. The van der Waals surface area contributed by atoms with Crippen molar-refractivity contribution in [1.29, 1.82) is 0 Å². The van der Waals surface area contributed by atoms with Crippen molar-refractivity contribution in [2.45, 2.75) is 44.8 Å². The lowest BCUT2D eigenvalue weighted by atomic mass is 9.86. The molecule has 2 heterocycles. The molecule has 0 aliphatic heterocycles. The molecule has 2 aromatic heterocycles. The maximum atomic E-state index is 13.1. The van der Waals surface area contributed by atoms with Crippen LogP contribution in [-0.2, 0) is 4.74 Å². The van der Waals surface area contributed by atoms with Gasteiger partial charge in [-0.05, 0) is 44.4 Å². The number of carbonyl (C=O) groups excluding carboxylic acids is 2. The van der Waals surface area contributed by atoms with Crippen LogP contribution in [0.2, 0.25) is 0 Å². The smallest absolute Gasteiger partial charge is 0.407 e. The van der Waals surface area contributed by atoms with Gasteiger partial charge < -0.3 is 20.7 Å². The van der Waals surface area contributed by atoms with Crippen LogP contribution in [0.5, 0.6) is 0 Å². The molecule has 1 fully saturated rings. The van der Waals surface area contributed by atoms with Crippen molar-refractivity contribution in [2.24, 2.45) is 0 Å². The highest BCUT2D eigenvalue weighted by atomic mass is 16.5. The average Bonchev–Trinajstić information content (AvgIpc) is 3.26. The summed E-state index contributed by atoms with van der Waals surface area (Å²) in [5.41, 5.74) is 4.01. The molecule has 2 amide bonds. The first-order valence-electron chi connectivity index (χ1n) is 10.3. The Hall–Kier alpha value is -3.62. The number of benzene rings is 1. The number of fused-ring (bicyclic) bond motifs is 1. The molecule has 0 atom stereocenters. The molecule has 0 radical (unpaired) electrons. The van der Waals surface area contributed by atoms with Crippen LogP contribution in [0.3, 0.4) is 0 Å². The summed E-state index contributed by atoms with van der Waals surface area (Å²) in [6.07, 6.45) is 6.08. The van der Waals surface area contributed by atoms with Gasteiger partial charge in [-0.1, -0.05) is 6.07 Å². The first-order chi connectivity index (χ1) is 14.9. The van der Waals surface area contributed by atoms with Crippen LogP contribution in [-0.4, -0.2) is 52.4 Å². The topological polar surface area (TPSA) is 121 Å². The SMILES string of the molecule is COC(=O)NC1CC(NC(=O)c2cnc3ccc(-c4cn[nH]c4)cc3c2NC(C)C)C1. The molecule has 162 valence electrons. The minimum Gasteiger partial charge on any atom is -0.453 e. The third kappa shape index (κ3) is 4.45. The van der Waals surface area contributed by atoms with Gasteiger partial charge in [-0.2, -0.15) is 5.10 Å². The number of amides is 2. The van der Waals surface area contributed by atoms with Gasteiger partial charge in [-0.3, -0.25) is 14.9 Å². The predicted molar refractivity (Wildman–Crippen MR) is 118 cm³/mol. The van der Waals surface area contributed by atoms with Gasteiger partial charge in [0.25, 0.3) is 5.91 Å². The fourth-order valence-corrected chi connectivity index (χ4v) is 3.74.